The summed E-state index contributed by atoms with van der Waals surface area (Å²) >= 11 is 9.24. The molecule has 2 N–H and O–H groups in total. The molecular formula is C14H13BrClO3P. The first-order chi connectivity index (χ1) is 9.37. The van der Waals surface area contributed by atoms with Gasteiger partial charge in [0.05, 0.1) is 6.16 Å². The van der Waals surface area contributed by atoms with Gasteiger partial charge in [-0.2, -0.15) is 0 Å². The molecule has 3 nitrogen and oxygen atoms in total. The topological polar surface area (TPSA) is 57.5 Å². The minimum Gasteiger partial charge on any atom is -0.324 e. The maximum Gasteiger partial charge on any atom is 0.329 e. The second-order valence-corrected chi connectivity index (χ2v) is 7.14. The van der Waals surface area contributed by atoms with Crippen LogP contribution in [0.2, 0.25) is 5.02 Å². The quantitative estimate of drug-likeness (QED) is 0.607. The van der Waals surface area contributed by atoms with Crippen LogP contribution >= 0.6 is 35.1 Å². The highest BCUT2D eigenvalue weighted by atomic mass is 79.9. The first-order valence-corrected chi connectivity index (χ1v) is 9.16. The smallest absolute Gasteiger partial charge is 0.324 e. The molecule has 6 heteroatoms. The lowest BCUT2D eigenvalue weighted by Crippen LogP contribution is -1.91. The van der Waals surface area contributed by atoms with E-state index in [1.807, 2.05) is 18.2 Å². The summed E-state index contributed by atoms with van der Waals surface area (Å²) in [6, 6.07) is 12.9. The third-order valence-corrected chi connectivity index (χ3v) is 4.45. The minimum absolute atomic E-state index is 0.256. The standard InChI is InChI=1S/C14H13BrClO3P/c15-8-10-5-11(9-20(17,18)19)7-13(6-10)12-1-3-14(16)4-2-12/h1-7H,8-9H2,(H2,17,18,19). The molecule has 0 aliphatic heterocycles. The van der Waals surface area contributed by atoms with Crippen LogP contribution in [0.4, 0.5) is 0 Å². The van der Waals surface area contributed by atoms with Crippen molar-refractivity contribution in [3.63, 3.8) is 0 Å². The zero-order valence-corrected chi connectivity index (χ0v) is 13.7. The molecule has 0 unspecified atom stereocenters. The van der Waals surface area contributed by atoms with Gasteiger partial charge in [0.25, 0.3) is 0 Å². The number of halogens is 2. The summed E-state index contributed by atoms with van der Waals surface area (Å²) in [6.07, 6.45) is -0.256. The molecule has 0 radical (unpaired) electrons. The molecule has 0 aliphatic carbocycles. The molecule has 2 aromatic rings. The highest BCUT2D eigenvalue weighted by molar-refractivity contribution is 9.08. The van der Waals surface area contributed by atoms with Gasteiger partial charge in [0.2, 0.25) is 0 Å². The van der Waals surface area contributed by atoms with Gasteiger partial charge < -0.3 is 9.79 Å². The van der Waals surface area contributed by atoms with Crippen LogP contribution in [0.3, 0.4) is 0 Å². The molecule has 0 amide bonds. The Morgan fingerprint density at radius 2 is 1.60 bits per heavy atom. The van der Waals surface area contributed by atoms with E-state index in [-0.39, 0.29) is 6.16 Å². The molecule has 2 aromatic carbocycles. The van der Waals surface area contributed by atoms with E-state index in [4.69, 9.17) is 21.4 Å². The maximum atomic E-state index is 11.2. The SMILES string of the molecule is O=P(O)(O)Cc1cc(CBr)cc(-c2ccc(Cl)cc2)c1. The maximum absolute atomic E-state index is 11.2. The van der Waals surface area contributed by atoms with Gasteiger partial charge in [-0.05, 0) is 34.4 Å². The van der Waals surface area contributed by atoms with Crippen molar-refractivity contribution in [3.8, 4) is 11.1 Å². The van der Waals surface area contributed by atoms with E-state index in [2.05, 4.69) is 15.9 Å². The zero-order chi connectivity index (χ0) is 14.8. The van der Waals surface area contributed by atoms with Gasteiger partial charge >= 0.3 is 7.60 Å². The molecule has 0 aliphatic rings. The van der Waals surface area contributed by atoms with Crippen LogP contribution < -0.4 is 0 Å². The third kappa shape index (κ3) is 4.44. The monoisotopic (exact) mass is 374 g/mol. The predicted molar refractivity (Wildman–Crippen MR) is 85.3 cm³/mol. The zero-order valence-electron chi connectivity index (χ0n) is 10.5. The van der Waals surface area contributed by atoms with Crippen LogP contribution in [0.15, 0.2) is 42.5 Å². The van der Waals surface area contributed by atoms with Gasteiger partial charge in [0.15, 0.2) is 0 Å². The Morgan fingerprint density at radius 1 is 1.00 bits per heavy atom. The fraction of sp³-hybridized carbons (Fsp3) is 0.143. The molecule has 2 rings (SSSR count). The predicted octanol–water partition coefficient (Wildman–Crippen LogP) is 4.58. The Kier molecular flexibility index (Phi) is 5.05. The van der Waals surface area contributed by atoms with Crippen molar-refractivity contribution in [2.75, 3.05) is 0 Å². The van der Waals surface area contributed by atoms with Crippen molar-refractivity contribution in [2.24, 2.45) is 0 Å². The van der Waals surface area contributed by atoms with E-state index in [0.29, 0.717) is 15.9 Å². The summed E-state index contributed by atoms with van der Waals surface area (Å²) in [5.41, 5.74) is 3.48. The lowest BCUT2D eigenvalue weighted by Gasteiger charge is -2.10. The Bertz CT molecular complexity index is 652. The molecule has 0 fully saturated rings. The van der Waals surface area contributed by atoms with Crippen LogP contribution in [-0.4, -0.2) is 9.79 Å². The van der Waals surface area contributed by atoms with E-state index < -0.39 is 7.60 Å². The van der Waals surface area contributed by atoms with Gasteiger partial charge in [-0.25, -0.2) is 0 Å². The summed E-state index contributed by atoms with van der Waals surface area (Å²) < 4.78 is 11.2. The van der Waals surface area contributed by atoms with E-state index in [1.54, 1.807) is 24.3 Å². The number of benzene rings is 2. The molecule has 0 spiro atoms. The molecule has 0 atom stereocenters. The summed E-state index contributed by atoms with van der Waals surface area (Å²) in [6.45, 7) is 0. The first-order valence-electron chi connectivity index (χ1n) is 5.87. The van der Waals surface area contributed by atoms with E-state index in [0.717, 1.165) is 16.7 Å². The summed E-state index contributed by atoms with van der Waals surface area (Å²) in [4.78, 5) is 18.2. The van der Waals surface area contributed by atoms with Crippen molar-refractivity contribution in [1.82, 2.24) is 0 Å². The van der Waals surface area contributed by atoms with E-state index in [9.17, 15) is 4.57 Å². The highest BCUT2D eigenvalue weighted by Crippen LogP contribution is 2.40. The average molecular weight is 376 g/mol. The van der Waals surface area contributed by atoms with E-state index >= 15 is 0 Å². The normalized spacial score (nSPS) is 11.6. The number of hydrogen-bond acceptors (Lipinski definition) is 1. The molecular weight excluding hydrogens is 362 g/mol. The molecule has 106 valence electrons. The summed E-state index contributed by atoms with van der Waals surface area (Å²) in [7, 11) is -4.07. The van der Waals surface area contributed by atoms with Crippen LogP contribution in [0.5, 0.6) is 0 Å². The molecule has 0 saturated heterocycles. The number of alkyl halides is 1. The van der Waals surface area contributed by atoms with Crippen molar-refractivity contribution < 1.29 is 14.4 Å². The van der Waals surface area contributed by atoms with Gasteiger partial charge in [-0.3, -0.25) is 4.57 Å². The van der Waals surface area contributed by atoms with Crippen molar-refractivity contribution in [3.05, 3.63) is 58.6 Å². The highest BCUT2D eigenvalue weighted by Gasteiger charge is 2.15. The van der Waals surface area contributed by atoms with Crippen LogP contribution in [0.1, 0.15) is 11.1 Å². The van der Waals surface area contributed by atoms with E-state index in [1.165, 1.54) is 0 Å². The third-order valence-electron chi connectivity index (χ3n) is 2.77. The second kappa shape index (κ2) is 6.42. The lowest BCUT2D eigenvalue weighted by molar-refractivity contribution is 0.372. The Balaban J connectivity index is 2.45. The summed E-state index contributed by atoms with van der Waals surface area (Å²) in [5.74, 6) is 0. The van der Waals surface area contributed by atoms with Crippen molar-refractivity contribution >= 4 is 35.1 Å². The Morgan fingerprint density at radius 3 is 2.15 bits per heavy atom. The fourth-order valence-electron chi connectivity index (χ4n) is 1.98. The second-order valence-electron chi connectivity index (χ2n) is 4.50. The van der Waals surface area contributed by atoms with Crippen LogP contribution in [-0.2, 0) is 16.1 Å². The lowest BCUT2D eigenvalue weighted by atomic mass is 10.0. The van der Waals surface area contributed by atoms with Crippen LogP contribution in [0, 0.1) is 0 Å². The van der Waals surface area contributed by atoms with Gasteiger partial charge in [0.1, 0.15) is 0 Å². The molecule has 20 heavy (non-hydrogen) atoms. The molecule has 0 saturated carbocycles. The Labute approximate surface area is 130 Å². The van der Waals surface area contributed by atoms with Crippen LogP contribution in [0.25, 0.3) is 11.1 Å². The fourth-order valence-corrected chi connectivity index (χ4v) is 3.09. The first kappa shape index (κ1) is 15.7. The van der Waals surface area contributed by atoms with Crippen molar-refractivity contribution in [2.45, 2.75) is 11.5 Å². The van der Waals surface area contributed by atoms with Gasteiger partial charge in [-0.1, -0.05) is 57.9 Å². The van der Waals surface area contributed by atoms with Crippen molar-refractivity contribution in [1.29, 1.82) is 0 Å². The number of rotatable bonds is 4. The van der Waals surface area contributed by atoms with Gasteiger partial charge in [0, 0.05) is 10.4 Å². The molecule has 0 bridgehead atoms. The van der Waals surface area contributed by atoms with Gasteiger partial charge in [-0.15, -0.1) is 0 Å². The number of hydrogen-bond donors (Lipinski definition) is 2. The molecule has 0 aromatic heterocycles. The average Bonchev–Trinajstić information content (AvgIpc) is 2.37. The summed E-state index contributed by atoms with van der Waals surface area (Å²) in [5, 5.41) is 1.28. The molecule has 0 heterocycles. The minimum atomic E-state index is -4.07. The Hall–Kier alpha value is -0.640. The largest absolute Gasteiger partial charge is 0.329 e.